The summed E-state index contributed by atoms with van der Waals surface area (Å²) in [5.74, 6) is 1.62. The Balaban J connectivity index is 1.95. The van der Waals surface area contributed by atoms with Crippen molar-refractivity contribution in [1.29, 1.82) is 0 Å². The summed E-state index contributed by atoms with van der Waals surface area (Å²) in [5.41, 5.74) is 0. The molecule has 0 bridgehead atoms. The highest BCUT2D eigenvalue weighted by molar-refractivity contribution is 8.03. The molecule has 0 fully saturated rings. The number of carbonyl (C=O) groups excluding carboxylic acids is 1. The van der Waals surface area contributed by atoms with Crippen molar-refractivity contribution in [3.63, 3.8) is 0 Å². The predicted octanol–water partition coefficient (Wildman–Crippen LogP) is 3.55. The number of hydrogen-bond acceptors (Lipinski definition) is 7. The molecule has 2 aromatic rings. The minimum atomic E-state index is -0.247. The summed E-state index contributed by atoms with van der Waals surface area (Å²) in [6.45, 7) is 7.99. The lowest BCUT2D eigenvalue weighted by Gasteiger charge is -2.14. The van der Waals surface area contributed by atoms with Gasteiger partial charge in [-0.25, -0.2) is 4.68 Å². The van der Waals surface area contributed by atoms with Crippen LogP contribution in [0.4, 0.5) is 5.82 Å². The van der Waals surface area contributed by atoms with E-state index in [1.54, 1.807) is 28.7 Å². The molecule has 120 valence electrons. The molecule has 0 aliphatic carbocycles. The van der Waals surface area contributed by atoms with E-state index in [0.717, 1.165) is 14.4 Å². The molecule has 0 spiro atoms. The maximum Gasteiger partial charge on any atom is 0.238 e. The van der Waals surface area contributed by atoms with Crippen molar-refractivity contribution < 1.29 is 4.79 Å². The average Bonchev–Trinajstić information content (AvgIpc) is 3.08. The minimum absolute atomic E-state index is 0.0627. The highest BCUT2D eigenvalue weighted by Gasteiger charge is 2.19. The number of anilines is 1. The average molecular weight is 358 g/mol. The Labute approximate surface area is 142 Å². The largest absolute Gasteiger partial charge is 0.310 e. The number of nitrogens with one attached hydrogen (secondary N) is 1. The summed E-state index contributed by atoms with van der Waals surface area (Å²) in [7, 11) is 0. The molecule has 6 nitrogen and oxygen atoms in total. The van der Waals surface area contributed by atoms with E-state index in [1.807, 2.05) is 20.8 Å². The molecule has 2 aromatic heterocycles. The van der Waals surface area contributed by atoms with E-state index in [-0.39, 0.29) is 17.2 Å². The first-order valence-electron chi connectivity index (χ1n) is 6.98. The van der Waals surface area contributed by atoms with Gasteiger partial charge in [0.15, 0.2) is 8.68 Å². The lowest BCUT2D eigenvalue weighted by molar-refractivity contribution is -0.115. The second-order valence-corrected chi connectivity index (χ2v) is 8.85. The number of hydrogen-bond donors (Lipinski definition) is 1. The molecule has 0 aliphatic rings. The quantitative estimate of drug-likeness (QED) is 0.764. The maximum absolute atomic E-state index is 12.3. The molecule has 0 saturated carbocycles. The van der Waals surface area contributed by atoms with E-state index in [0.29, 0.717) is 5.82 Å². The Bertz CT molecular complexity index is 625. The van der Waals surface area contributed by atoms with Crippen LogP contribution in [0.15, 0.2) is 20.9 Å². The standard InChI is InChI=1S/C13H19N5OS3/c1-5-20-12-16-17-13(22-12)21-9(4)11(19)15-10-6-7-14-18(10)8(2)3/h6-9H,5H2,1-4H3,(H,15,19)/t9-/m1/s1. The first kappa shape index (κ1) is 17.3. The van der Waals surface area contributed by atoms with Gasteiger partial charge in [-0.3, -0.25) is 4.79 Å². The Hall–Kier alpha value is -1.06. The van der Waals surface area contributed by atoms with Gasteiger partial charge in [0.05, 0.1) is 11.4 Å². The zero-order chi connectivity index (χ0) is 16.1. The molecule has 2 heterocycles. The van der Waals surface area contributed by atoms with Gasteiger partial charge in [0.25, 0.3) is 0 Å². The maximum atomic E-state index is 12.3. The van der Waals surface area contributed by atoms with Crippen LogP contribution in [0.25, 0.3) is 0 Å². The fraction of sp³-hybridized carbons (Fsp3) is 0.538. The summed E-state index contributed by atoms with van der Waals surface area (Å²) in [4.78, 5) is 12.3. The number of nitrogens with zero attached hydrogens (tertiary/aromatic N) is 4. The number of carbonyl (C=O) groups is 1. The molecule has 2 rings (SSSR count). The highest BCUT2D eigenvalue weighted by Crippen LogP contribution is 2.31. The molecule has 1 atom stereocenters. The molecular weight excluding hydrogens is 338 g/mol. The van der Waals surface area contributed by atoms with Crippen molar-refractivity contribution in [3.8, 4) is 0 Å². The molecular formula is C13H19N5OS3. The van der Waals surface area contributed by atoms with E-state index >= 15 is 0 Å². The Morgan fingerprint density at radius 1 is 1.36 bits per heavy atom. The number of thioether (sulfide) groups is 2. The van der Waals surface area contributed by atoms with Crippen LogP contribution in [0.3, 0.4) is 0 Å². The van der Waals surface area contributed by atoms with Crippen LogP contribution in [-0.2, 0) is 4.79 Å². The monoisotopic (exact) mass is 357 g/mol. The zero-order valence-corrected chi connectivity index (χ0v) is 15.4. The van der Waals surface area contributed by atoms with E-state index < -0.39 is 0 Å². The van der Waals surface area contributed by atoms with Crippen molar-refractivity contribution in [3.05, 3.63) is 12.3 Å². The first-order chi connectivity index (χ1) is 10.5. The third-order valence-electron chi connectivity index (χ3n) is 2.71. The number of rotatable bonds is 7. The van der Waals surface area contributed by atoms with Gasteiger partial charge in [0.2, 0.25) is 5.91 Å². The summed E-state index contributed by atoms with van der Waals surface area (Å²) in [5, 5.41) is 15.1. The van der Waals surface area contributed by atoms with Gasteiger partial charge in [-0.05, 0) is 26.5 Å². The van der Waals surface area contributed by atoms with E-state index in [2.05, 4.69) is 27.5 Å². The summed E-state index contributed by atoms with van der Waals surface area (Å²) in [6.07, 6.45) is 1.69. The van der Waals surface area contributed by atoms with Crippen LogP contribution in [0.1, 0.15) is 33.7 Å². The fourth-order valence-electron chi connectivity index (χ4n) is 1.68. The zero-order valence-electron chi connectivity index (χ0n) is 12.9. The van der Waals surface area contributed by atoms with Gasteiger partial charge >= 0.3 is 0 Å². The minimum Gasteiger partial charge on any atom is -0.310 e. The normalized spacial score (nSPS) is 12.6. The molecule has 22 heavy (non-hydrogen) atoms. The Morgan fingerprint density at radius 3 is 2.77 bits per heavy atom. The van der Waals surface area contributed by atoms with E-state index in [4.69, 9.17) is 0 Å². The molecule has 0 aromatic carbocycles. The summed E-state index contributed by atoms with van der Waals surface area (Å²) >= 11 is 4.61. The van der Waals surface area contributed by atoms with Crippen molar-refractivity contribution in [2.24, 2.45) is 0 Å². The molecule has 0 saturated heterocycles. The van der Waals surface area contributed by atoms with Gasteiger partial charge < -0.3 is 5.32 Å². The lowest BCUT2D eigenvalue weighted by atomic mass is 10.4. The van der Waals surface area contributed by atoms with Gasteiger partial charge in [-0.1, -0.05) is 41.8 Å². The summed E-state index contributed by atoms with van der Waals surface area (Å²) < 4.78 is 3.54. The number of aromatic nitrogens is 4. The molecule has 1 amide bonds. The lowest BCUT2D eigenvalue weighted by Crippen LogP contribution is -2.24. The van der Waals surface area contributed by atoms with Gasteiger partial charge in [0.1, 0.15) is 5.82 Å². The smallest absolute Gasteiger partial charge is 0.238 e. The van der Waals surface area contributed by atoms with E-state index in [9.17, 15) is 4.79 Å². The topological polar surface area (TPSA) is 72.7 Å². The Morgan fingerprint density at radius 2 is 2.09 bits per heavy atom. The van der Waals surface area contributed by atoms with Crippen LogP contribution < -0.4 is 5.32 Å². The third-order valence-corrected chi connectivity index (χ3v) is 5.84. The summed E-state index contributed by atoms with van der Waals surface area (Å²) in [6, 6.07) is 2.00. The first-order valence-corrected chi connectivity index (χ1v) is 9.66. The van der Waals surface area contributed by atoms with Crippen LogP contribution in [-0.4, -0.2) is 36.9 Å². The molecule has 0 aliphatic heterocycles. The second kappa shape index (κ2) is 7.98. The van der Waals surface area contributed by atoms with Gasteiger partial charge in [-0.15, -0.1) is 10.2 Å². The van der Waals surface area contributed by atoms with Crippen LogP contribution in [0.5, 0.6) is 0 Å². The van der Waals surface area contributed by atoms with E-state index in [1.165, 1.54) is 23.1 Å². The third kappa shape index (κ3) is 4.47. The molecule has 1 N–H and O–H groups in total. The fourth-order valence-corrected chi connectivity index (χ4v) is 4.75. The van der Waals surface area contributed by atoms with Crippen LogP contribution in [0.2, 0.25) is 0 Å². The Kier molecular flexibility index (Phi) is 6.27. The van der Waals surface area contributed by atoms with Crippen molar-refractivity contribution in [1.82, 2.24) is 20.0 Å². The molecule has 9 heteroatoms. The van der Waals surface area contributed by atoms with Crippen LogP contribution >= 0.6 is 34.9 Å². The number of amides is 1. The second-order valence-electron chi connectivity index (χ2n) is 4.77. The predicted molar refractivity (Wildman–Crippen MR) is 92.9 cm³/mol. The van der Waals surface area contributed by atoms with Gasteiger partial charge in [0, 0.05) is 12.1 Å². The molecule has 0 unspecified atom stereocenters. The van der Waals surface area contributed by atoms with Crippen molar-refractivity contribution in [2.75, 3.05) is 11.1 Å². The van der Waals surface area contributed by atoms with Crippen molar-refractivity contribution >= 4 is 46.6 Å². The highest BCUT2D eigenvalue weighted by atomic mass is 32.2. The van der Waals surface area contributed by atoms with Crippen LogP contribution in [0, 0.1) is 0 Å². The van der Waals surface area contributed by atoms with Gasteiger partial charge in [-0.2, -0.15) is 5.10 Å². The molecule has 0 radical (unpaired) electrons. The van der Waals surface area contributed by atoms with Crippen molar-refractivity contribution in [2.45, 2.75) is 47.7 Å². The SMILES string of the molecule is CCSc1nnc(S[C@H](C)C(=O)Nc2ccnn2C(C)C)s1.